The van der Waals surface area contributed by atoms with Gasteiger partial charge < -0.3 is 19.5 Å². The molecule has 2 rings (SSSR count). The molecule has 2 aromatic carbocycles. The highest BCUT2D eigenvalue weighted by molar-refractivity contribution is 5.92. The molecule has 0 saturated carbocycles. The second kappa shape index (κ2) is 9.63. The molecule has 0 heterocycles. The predicted octanol–water partition coefficient (Wildman–Crippen LogP) is 3.66. The van der Waals surface area contributed by atoms with Gasteiger partial charge in [0.05, 0.1) is 12.2 Å². The van der Waals surface area contributed by atoms with E-state index in [2.05, 4.69) is 5.32 Å². The van der Waals surface area contributed by atoms with Gasteiger partial charge in [-0.2, -0.15) is 13.2 Å². The van der Waals surface area contributed by atoms with E-state index >= 15 is 0 Å². The molecule has 0 unspecified atom stereocenters. The van der Waals surface area contributed by atoms with E-state index in [0.717, 1.165) is 24.3 Å². The summed E-state index contributed by atoms with van der Waals surface area (Å²) < 4.78 is 52.7. The van der Waals surface area contributed by atoms with Gasteiger partial charge in [-0.1, -0.05) is 0 Å². The molecule has 0 aliphatic heterocycles. The van der Waals surface area contributed by atoms with Crippen LogP contribution in [0.2, 0.25) is 0 Å². The summed E-state index contributed by atoms with van der Waals surface area (Å²) in [6, 6.07) is 10.5. The van der Waals surface area contributed by atoms with Crippen molar-refractivity contribution in [2.24, 2.45) is 0 Å². The highest BCUT2D eigenvalue weighted by Gasteiger charge is 2.29. The number of benzene rings is 2. The first kappa shape index (κ1) is 21.1. The largest absolute Gasteiger partial charge is 0.494 e. The number of hydrogen-bond donors (Lipinski definition) is 1. The Morgan fingerprint density at radius 2 is 1.46 bits per heavy atom. The average molecular weight is 397 g/mol. The Morgan fingerprint density at radius 1 is 0.893 bits per heavy atom. The maximum Gasteiger partial charge on any atom is 0.416 e. The van der Waals surface area contributed by atoms with Gasteiger partial charge in [0.15, 0.2) is 13.2 Å². The summed E-state index contributed by atoms with van der Waals surface area (Å²) in [6.07, 6.45) is -4.46. The first-order chi connectivity index (χ1) is 13.3. The predicted molar refractivity (Wildman–Crippen MR) is 94.1 cm³/mol. The van der Waals surface area contributed by atoms with E-state index in [4.69, 9.17) is 14.2 Å². The summed E-state index contributed by atoms with van der Waals surface area (Å²) in [5.41, 5.74) is -0.678. The number of hydrogen-bond acceptors (Lipinski definition) is 5. The number of halogens is 3. The molecule has 150 valence electrons. The molecule has 0 bridgehead atoms. The molecule has 1 N–H and O–H groups in total. The van der Waals surface area contributed by atoms with Crippen LogP contribution >= 0.6 is 0 Å². The van der Waals surface area contributed by atoms with Gasteiger partial charge in [-0.3, -0.25) is 4.79 Å². The van der Waals surface area contributed by atoms with Crippen molar-refractivity contribution in [3.63, 3.8) is 0 Å². The summed E-state index contributed by atoms with van der Waals surface area (Å²) in [5.74, 6) is -0.363. The molecule has 1 amide bonds. The van der Waals surface area contributed by atoms with Crippen molar-refractivity contribution in [3.05, 3.63) is 54.1 Å². The lowest BCUT2D eigenvalue weighted by Gasteiger charge is -2.10. The first-order valence-electron chi connectivity index (χ1n) is 8.26. The number of carbonyl (C=O) groups excluding carboxylic acids is 2. The molecular formula is C19H18F3NO5. The van der Waals surface area contributed by atoms with Crippen molar-refractivity contribution in [2.45, 2.75) is 13.1 Å². The fourth-order valence-corrected chi connectivity index (χ4v) is 2.07. The highest BCUT2D eigenvalue weighted by Crippen LogP contribution is 2.29. The number of rotatable bonds is 8. The molecule has 0 aliphatic carbocycles. The van der Waals surface area contributed by atoms with E-state index in [1.54, 1.807) is 24.3 Å². The van der Waals surface area contributed by atoms with E-state index in [1.807, 2.05) is 6.92 Å². The molecule has 0 saturated heterocycles. The normalized spacial score (nSPS) is 10.9. The molecule has 0 aliphatic rings. The van der Waals surface area contributed by atoms with Gasteiger partial charge >= 0.3 is 12.1 Å². The van der Waals surface area contributed by atoms with Crippen molar-refractivity contribution in [2.75, 3.05) is 25.1 Å². The van der Waals surface area contributed by atoms with Crippen LogP contribution in [0.15, 0.2) is 48.5 Å². The molecule has 0 aromatic heterocycles. The Labute approximate surface area is 159 Å². The minimum absolute atomic E-state index is 0.152. The summed E-state index contributed by atoms with van der Waals surface area (Å²) >= 11 is 0. The van der Waals surface area contributed by atoms with Crippen LogP contribution in [-0.4, -0.2) is 31.7 Å². The van der Waals surface area contributed by atoms with Crippen molar-refractivity contribution < 1.29 is 37.0 Å². The van der Waals surface area contributed by atoms with Crippen LogP contribution in [0.5, 0.6) is 11.5 Å². The third-order valence-electron chi connectivity index (χ3n) is 3.35. The van der Waals surface area contributed by atoms with Gasteiger partial charge in [0.25, 0.3) is 5.91 Å². The van der Waals surface area contributed by atoms with E-state index in [-0.39, 0.29) is 5.69 Å². The van der Waals surface area contributed by atoms with Crippen LogP contribution in [0.25, 0.3) is 0 Å². The van der Waals surface area contributed by atoms with Gasteiger partial charge in [0.2, 0.25) is 0 Å². The molecule has 0 spiro atoms. The topological polar surface area (TPSA) is 73.9 Å². The van der Waals surface area contributed by atoms with Crippen LogP contribution < -0.4 is 14.8 Å². The van der Waals surface area contributed by atoms with Crippen molar-refractivity contribution in [3.8, 4) is 11.5 Å². The van der Waals surface area contributed by atoms with Crippen LogP contribution in [-0.2, 0) is 20.5 Å². The van der Waals surface area contributed by atoms with Gasteiger partial charge in [-0.25, -0.2) is 4.79 Å². The zero-order valence-electron chi connectivity index (χ0n) is 14.9. The quantitative estimate of drug-likeness (QED) is 0.688. The van der Waals surface area contributed by atoms with Crippen molar-refractivity contribution in [1.82, 2.24) is 0 Å². The number of nitrogens with one attached hydrogen (secondary N) is 1. The maximum atomic E-state index is 12.5. The fraction of sp³-hybridized carbons (Fsp3) is 0.263. The highest BCUT2D eigenvalue weighted by atomic mass is 19.4. The van der Waals surface area contributed by atoms with Crippen LogP contribution in [0, 0.1) is 0 Å². The smallest absolute Gasteiger partial charge is 0.416 e. The zero-order valence-corrected chi connectivity index (χ0v) is 14.9. The minimum atomic E-state index is -4.46. The van der Waals surface area contributed by atoms with Gasteiger partial charge in [-0.05, 0) is 55.5 Å². The standard InChI is InChI=1S/C19H18F3NO5/c1-2-26-15-7-9-16(10-8-15)27-12-18(25)28-11-17(24)23-14-5-3-13(4-6-14)19(20,21)22/h3-10H,2,11-12H2,1H3,(H,23,24). The Morgan fingerprint density at radius 3 is 2.00 bits per heavy atom. The summed E-state index contributed by atoms with van der Waals surface area (Å²) in [6.45, 7) is 1.39. The maximum absolute atomic E-state index is 12.5. The Bertz CT molecular complexity index is 789. The van der Waals surface area contributed by atoms with E-state index in [0.29, 0.717) is 18.1 Å². The lowest BCUT2D eigenvalue weighted by atomic mass is 10.2. The molecule has 28 heavy (non-hydrogen) atoms. The SMILES string of the molecule is CCOc1ccc(OCC(=O)OCC(=O)Nc2ccc(C(F)(F)F)cc2)cc1. The lowest BCUT2D eigenvalue weighted by Crippen LogP contribution is -2.23. The van der Waals surface area contributed by atoms with Gasteiger partial charge in [-0.15, -0.1) is 0 Å². The number of esters is 1. The number of amides is 1. The molecule has 0 fully saturated rings. The summed E-state index contributed by atoms with van der Waals surface area (Å²) in [5, 5.41) is 2.33. The Balaban J connectivity index is 1.72. The van der Waals surface area contributed by atoms with Crippen molar-refractivity contribution >= 4 is 17.6 Å². The molecule has 6 nitrogen and oxygen atoms in total. The van der Waals surface area contributed by atoms with E-state index in [9.17, 15) is 22.8 Å². The van der Waals surface area contributed by atoms with Crippen LogP contribution in [0.1, 0.15) is 12.5 Å². The number of alkyl halides is 3. The van der Waals surface area contributed by atoms with E-state index in [1.165, 1.54) is 0 Å². The Hall–Kier alpha value is -3.23. The fourth-order valence-electron chi connectivity index (χ4n) is 2.07. The zero-order chi connectivity index (χ0) is 20.6. The van der Waals surface area contributed by atoms with Crippen molar-refractivity contribution in [1.29, 1.82) is 0 Å². The monoisotopic (exact) mass is 397 g/mol. The van der Waals surface area contributed by atoms with E-state index < -0.39 is 36.8 Å². The Kier molecular flexibility index (Phi) is 7.25. The first-order valence-corrected chi connectivity index (χ1v) is 8.26. The second-order valence-corrected chi connectivity index (χ2v) is 5.48. The van der Waals surface area contributed by atoms with Gasteiger partial charge in [0.1, 0.15) is 11.5 Å². The van der Waals surface area contributed by atoms with Crippen LogP contribution in [0.4, 0.5) is 18.9 Å². The lowest BCUT2D eigenvalue weighted by molar-refractivity contribution is -0.149. The summed E-state index contributed by atoms with van der Waals surface area (Å²) in [4.78, 5) is 23.3. The second-order valence-electron chi connectivity index (χ2n) is 5.48. The number of ether oxygens (including phenoxy) is 3. The number of carbonyl (C=O) groups is 2. The molecule has 0 atom stereocenters. The molecular weight excluding hydrogens is 379 g/mol. The van der Waals surface area contributed by atoms with Crippen LogP contribution in [0.3, 0.4) is 0 Å². The molecule has 9 heteroatoms. The van der Waals surface area contributed by atoms with Gasteiger partial charge in [0, 0.05) is 5.69 Å². The third-order valence-corrected chi connectivity index (χ3v) is 3.35. The summed E-state index contributed by atoms with van der Waals surface area (Å²) in [7, 11) is 0. The molecule has 2 aromatic rings. The molecule has 0 radical (unpaired) electrons. The number of anilines is 1. The average Bonchev–Trinajstić information content (AvgIpc) is 2.66. The minimum Gasteiger partial charge on any atom is -0.494 e. The third kappa shape index (κ3) is 6.82.